The van der Waals surface area contributed by atoms with Gasteiger partial charge >= 0.3 is 6.16 Å². The molecule has 0 aliphatic rings. The van der Waals surface area contributed by atoms with Crippen LogP contribution in [0.2, 0.25) is 0 Å². The first kappa shape index (κ1) is 34.8. The van der Waals surface area contributed by atoms with Crippen molar-refractivity contribution in [1.82, 2.24) is 19.9 Å². The largest absolute Gasteiger partial charge is 0.510 e. The first-order valence-corrected chi connectivity index (χ1v) is 15.6. The van der Waals surface area contributed by atoms with Gasteiger partial charge < -0.3 is 28.5 Å². The van der Waals surface area contributed by atoms with Crippen LogP contribution in [-0.4, -0.2) is 73.8 Å². The summed E-state index contributed by atoms with van der Waals surface area (Å²) in [4.78, 5) is 44.2. The number of para-hydroxylation sites is 2. The van der Waals surface area contributed by atoms with Gasteiger partial charge in [0.2, 0.25) is 11.6 Å². The SMILES string of the molecule is COc1ccccc1Oc1c(OC)nc(-c2ncccn2)nc1N(COC(=O)OCCCCO[N+](=O)[O-])S(=O)(=O)C=Cc1ccccc1. The number of aromatic nitrogens is 4. The van der Waals surface area contributed by atoms with E-state index in [0.29, 0.717) is 15.6 Å². The van der Waals surface area contributed by atoms with Gasteiger partial charge in [0, 0.05) is 12.4 Å². The number of benzene rings is 2. The van der Waals surface area contributed by atoms with Gasteiger partial charge in [0.25, 0.3) is 21.0 Å². The van der Waals surface area contributed by atoms with Gasteiger partial charge in [0.15, 0.2) is 29.9 Å². The molecule has 252 valence electrons. The molecule has 0 bridgehead atoms. The Morgan fingerprint density at radius 3 is 2.25 bits per heavy atom. The zero-order chi connectivity index (χ0) is 34.4. The number of nitrogens with zero attached hydrogens (tertiary/aromatic N) is 6. The van der Waals surface area contributed by atoms with Crippen molar-refractivity contribution in [3.05, 3.63) is 94.1 Å². The van der Waals surface area contributed by atoms with E-state index in [0.717, 1.165) is 5.41 Å². The van der Waals surface area contributed by atoms with Crippen LogP contribution < -0.4 is 18.5 Å². The summed E-state index contributed by atoms with van der Waals surface area (Å²) in [5, 5.41) is 10.3. The second kappa shape index (κ2) is 17.0. The smallest absolute Gasteiger partial charge is 0.493 e. The van der Waals surface area contributed by atoms with E-state index in [1.54, 1.807) is 60.7 Å². The summed E-state index contributed by atoms with van der Waals surface area (Å²) in [6.07, 6.45) is 3.43. The summed E-state index contributed by atoms with van der Waals surface area (Å²) in [5.41, 5.74) is 0.562. The highest BCUT2D eigenvalue weighted by Gasteiger charge is 2.32. The van der Waals surface area contributed by atoms with Crippen LogP contribution in [0.1, 0.15) is 18.4 Å². The zero-order valence-electron chi connectivity index (χ0n) is 25.7. The molecule has 4 rings (SSSR count). The molecule has 2 aromatic carbocycles. The highest BCUT2D eigenvalue weighted by atomic mass is 32.2. The number of carbonyl (C=O) groups is 1. The Morgan fingerprint density at radius 1 is 0.875 bits per heavy atom. The molecule has 0 fully saturated rings. The fourth-order valence-electron chi connectivity index (χ4n) is 3.85. The molecule has 0 amide bonds. The first-order valence-electron chi connectivity index (χ1n) is 14.1. The van der Waals surface area contributed by atoms with E-state index in [1.807, 2.05) is 0 Å². The number of anilines is 1. The molecule has 17 nitrogen and oxygen atoms in total. The molecule has 0 atom stereocenters. The van der Waals surface area contributed by atoms with Gasteiger partial charge in [0.05, 0.1) is 32.8 Å². The summed E-state index contributed by atoms with van der Waals surface area (Å²) in [6.45, 7) is -1.31. The molecular weight excluding hydrogens is 652 g/mol. The van der Waals surface area contributed by atoms with Crippen molar-refractivity contribution in [2.45, 2.75) is 12.8 Å². The summed E-state index contributed by atoms with van der Waals surface area (Å²) in [6, 6.07) is 16.7. The van der Waals surface area contributed by atoms with Gasteiger partial charge in [-0.3, -0.25) is 0 Å². The average Bonchev–Trinajstić information content (AvgIpc) is 3.10. The van der Waals surface area contributed by atoms with Crippen molar-refractivity contribution < 1.29 is 46.8 Å². The van der Waals surface area contributed by atoms with Crippen molar-refractivity contribution >= 4 is 28.1 Å². The van der Waals surface area contributed by atoms with Crippen molar-refractivity contribution in [1.29, 1.82) is 0 Å². The molecule has 0 saturated carbocycles. The third-order valence-electron chi connectivity index (χ3n) is 6.09. The number of unbranched alkanes of at least 4 members (excludes halogenated alkanes) is 1. The lowest BCUT2D eigenvalue weighted by atomic mass is 10.2. The highest BCUT2D eigenvalue weighted by molar-refractivity contribution is 7.95. The third-order valence-corrected chi connectivity index (χ3v) is 7.46. The Hall–Kier alpha value is -6.04. The van der Waals surface area contributed by atoms with Gasteiger partial charge in [0.1, 0.15) is 0 Å². The van der Waals surface area contributed by atoms with E-state index in [-0.39, 0.29) is 55.1 Å². The Balaban J connectivity index is 1.76. The van der Waals surface area contributed by atoms with Gasteiger partial charge in [-0.2, -0.15) is 4.98 Å². The molecule has 0 radical (unpaired) electrons. The Bertz CT molecular complexity index is 1810. The van der Waals surface area contributed by atoms with Crippen molar-refractivity contribution in [3.8, 4) is 34.8 Å². The van der Waals surface area contributed by atoms with Crippen LogP contribution in [0.5, 0.6) is 23.1 Å². The van der Waals surface area contributed by atoms with E-state index in [2.05, 4.69) is 24.8 Å². The second-order valence-electron chi connectivity index (χ2n) is 9.28. The number of rotatable bonds is 17. The summed E-state index contributed by atoms with van der Waals surface area (Å²) in [5.74, 6) is -0.548. The van der Waals surface area contributed by atoms with Crippen molar-refractivity contribution in [2.75, 3.05) is 38.5 Å². The molecule has 18 heteroatoms. The molecular formula is C30H30N6O11S. The normalized spacial score (nSPS) is 11.0. The maximum absolute atomic E-state index is 14.0. The lowest BCUT2D eigenvalue weighted by molar-refractivity contribution is -0.757. The van der Waals surface area contributed by atoms with Crippen LogP contribution in [0.3, 0.4) is 0 Å². The van der Waals surface area contributed by atoms with E-state index in [1.165, 1.54) is 32.7 Å². The van der Waals surface area contributed by atoms with Crippen LogP contribution in [0.25, 0.3) is 17.7 Å². The highest BCUT2D eigenvalue weighted by Crippen LogP contribution is 2.43. The molecule has 0 aliphatic carbocycles. The van der Waals surface area contributed by atoms with E-state index in [4.69, 9.17) is 23.7 Å². The Labute approximate surface area is 274 Å². The molecule has 0 unspecified atom stereocenters. The molecule has 48 heavy (non-hydrogen) atoms. The molecule has 0 saturated heterocycles. The minimum atomic E-state index is -4.52. The van der Waals surface area contributed by atoms with Gasteiger partial charge in [-0.25, -0.2) is 32.5 Å². The molecule has 0 aliphatic heterocycles. The number of ether oxygens (including phenoxy) is 5. The van der Waals surface area contributed by atoms with E-state index >= 15 is 0 Å². The predicted octanol–water partition coefficient (Wildman–Crippen LogP) is 4.65. The van der Waals surface area contributed by atoms with Crippen LogP contribution in [0.4, 0.5) is 10.6 Å². The summed E-state index contributed by atoms with van der Waals surface area (Å²) in [7, 11) is -1.81. The molecule has 2 aromatic heterocycles. The fraction of sp³-hybridized carbons (Fsp3) is 0.233. The van der Waals surface area contributed by atoms with Gasteiger partial charge in [-0.15, -0.1) is 10.1 Å². The maximum atomic E-state index is 14.0. The monoisotopic (exact) mass is 682 g/mol. The minimum absolute atomic E-state index is 0.0273. The quantitative estimate of drug-likeness (QED) is 0.0489. The number of hydrogen-bond donors (Lipinski definition) is 0. The van der Waals surface area contributed by atoms with Gasteiger partial charge in [-0.1, -0.05) is 42.5 Å². The standard InChI is InChI=1S/C30H30N6O11S/c1-42-23-13-6-7-14-24(23)47-25-28(33-27(34-29(25)43-2)26-31-16-10-17-32-26)35(48(40,41)20-15-22-11-4-3-5-12-22)21-45-30(37)44-18-8-9-19-46-36(38)39/h3-7,10-17,20H,8-9,18-19,21H2,1-2H3. The van der Waals surface area contributed by atoms with Crippen LogP contribution in [0.15, 0.2) is 78.5 Å². The fourth-order valence-corrected chi connectivity index (χ4v) is 4.89. The second-order valence-corrected chi connectivity index (χ2v) is 11.0. The Morgan fingerprint density at radius 2 is 1.56 bits per heavy atom. The van der Waals surface area contributed by atoms with Crippen LogP contribution in [0, 0.1) is 10.1 Å². The van der Waals surface area contributed by atoms with Crippen LogP contribution >= 0.6 is 0 Å². The predicted molar refractivity (Wildman–Crippen MR) is 169 cm³/mol. The maximum Gasteiger partial charge on any atom is 0.510 e. The lowest BCUT2D eigenvalue weighted by Gasteiger charge is -2.24. The molecule has 2 heterocycles. The topological polar surface area (TPSA) is 205 Å². The van der Waals surface area contributed by atoms with E-state index in [9.17, 15) is 23.3 Å². The summed E-state index contributed by atoms with van der Waals surface area (Å²) >= 11 is 0. The number of carbonyl (C=O) groups excluding carboxylic acids is 1. The summed E-state index contributed by atoms with van der Waals surface area (Å²) < 4.78 is 55.9. The number of sulfonamides is 1. The third kappa shape index (κ3) is 9.73. The van der Waals surface area contributed by atoms with Crippen molar-refractivity contribution in [2.24, 2.45) is 0 Å². The Kier molecular flexibility index (Phi) is 12.4. The minimum Gasteiger partial charge on any atom is -0.493 e. The molecule has 4 aromatic rings. The first-order chi connectivity index (χ1) is 23.2. The zero-order valence-corrected chi connectivity index (χ0v) is 26.5. The number of hydrogen-bond acceptors (Lipinski definition) is 15. The molecule has 0 spiro atoms. The van der Waals surface area contributed by atoms with E-state index < -0.39 is 33.8 Å². The van der Waals surface area contributed by atoms with Crippen LogP contribution in [-0.2, 0) is 24.3 Å². The number of methoxy groups -OCH3 is 2. The molecule has 0 N–H and O–H groups in total. The van der Waals surface area contributed by atoms with Crippen molar-refractivity contribution in [3.63, 3.8) is 0 Å². The average molecular weight is 683 g/mol. The van der Waals surface area contributed by atoms with Gasteiger partial charge in [-0.05, 0) is 42.7 Å². The lowest BCUT2D eigenvalue weighted by Crippen LogP contribution is -2.34.